The van der Waals surface area contributed by atoms with Crippen LogP contribution in [0.2, 0.25) is 0 Å². The maximum absolute atomic E-state index is 12.5. The molecule has 3 aromatic heterocycles. The maximum Gasteiger partial charge on any atom is 0.355 e. The van der Waals surface area contributed by atoms with Crippen LogP contribution in [-0.2, 0) is 4.74 Å². The summed E-state index contributed by atoms with van der Waals surface area (Å²) in [7, 11) is 0. The van der Waals surface area contributed by atoms with E-state index in [1.807, 2.05) is 43.5 Å². The lowest BCUT2D eigenvalue weighted by Crippen LogP contribution is -2.09. The third-order valence-corrected chi connectivity index (χ3v) is 4.97. The van der Waals surface area contributed by atoms with Gasteiger partial charge in [0, 0.05) is 10.9 Å². The van der Waals surface area contributed by atoms with E-state index in [0.717, 1.165) is 26.9 Å². The number of thiophene rings is 1. The Bertz CT molecular complexity index is 1080. The summed E-state index contributed by atoms with van der Waals surface area (Å²) in [6.45, 7) is 5.75. The molecule has 0 fully saturated rings. The van der Waals surface area contributed by atoms with Crippen LogP contribution in [-0.4, -0.2) is 21.2 Å². The molecule has 1 aromatic carbocycles. The number of benzene rings is 1. The molecule has 4 rings (SSSR count). The SMILES string of the molecule is Cc1cc(C)c2cc(C(=O)OC(C)c3nnc(-c4cccs4)o3)[nH]c2c1. The minimum absolute atomic E-state index is 0.268. The molecule has 0 radical (unpaired) electrons. The van der Waals surface area contributed by atoms with Gasteiger partial charge in [0.25, 0.3) is 11.8 Å². The van der Waals surface area contributed by atoms with E-state index in [1.54, 1.807) is 6.92 Å². The molecule has 1 unspecified atom stereocenters. The van der Waals surface area contributed by atoms with Crippen molar-refractivity contribution in [1.29, 1.82) is 0 Å². The molecule has 0 aliphatic rings. The van der Waals surface area contributed by atoms with Gasteiger partial charge in [0.15, 0.2) is 6.10 Å². The molecule has 1 atom stereocenters. The van der Waals surface area contributed by atoms with Crippen molar-refractivity contribution in [3.63, 3.8) is 0 Å². The molecule has 7 heteroatoms. The summed E-state index contributed by atoms with van der Waals surface area (Å²) in [6, 6.07) is 9.71. The lowest BCUT2D eigenvalue weighted by Gasteiger charge is -2.07. The fourth-order valence-electron chi connectivity index (χ4n) is 2.88. The zero-order valence-corrected chi connectivity index (χ0v) is 15.4. The summed E-state index contributed by atoms with van der Waals surface area (Å²) < 4.78 is 11.1. The number of aryl methyl sites for hydroxylation is 2. The predicted octanol–water partition coefficient (Wildman–Crippen LogP) is 4.81. The second kappa shape index (κ2) is 6.42. The molecule has 0 spiro atoms. The molecule has 4 aromatic rings. The van der Waals surface area contributed by atoms with Gasteiger partial charge in [-0.3, -0.25) is 0 Å². The minimum Gasteiger partial charge on any atom is -0.448 e. The van der Waals surface area contributed by atoms with Crippen molar-refractivity contribution in [2.24, 2.45) is 0 Å². The van der Waals surface area contributed by atoms with Crippen molar-refractivity contribution in [1.82, 2.24) is 15.2 Å². The highest BCUT2D eigenvalue weighted by Gasteiger charge is 2.21. The molecule has 0 amide bonds. The average Bonchev–Trinajstić information content (AvgIpc) is 3.33. The number of carbonyl (C=O) groups is 1. The van der Waals surface area contributed by atoms with Gasteiger partial charge >= 0.3 is 5.97 Å². The van der Waals surface area contributed by atoms with Gasteiger partial charge in [-0.15, -0.1) is 21.5 Å². The summed E-state index contributed by atoms with van der Waals surface area (Å²) in [5, 5.41) is 10.9. The second-order valence-corrected chi connectivity index (χ2v) is 7.14. The van der Waals surface area contributed by atoms with E-state index in [4.69, 9.17) is 9.15 Å². The number of ether oxygens (including phenoxy) is 1. The predicted molar refractivity (Wildman–Crippen MR) is 99.2 cm³/mol. The average molecular weight is 367 g/mol. The topological polar surface area (TPSA) is 81.0 Å². The molecule has 132 valence electrons. The van der Waals surface area contributed by atoms with Crippen molar-refractivity contribution in [2.45, 2.75) is 26.9 Å². The van der Waals surface area contributed by atoms with E-state index in [1.165, 1.54) is 11.3 Å². The number of fused-ring (bicyclic) bond motifs is 1. The van der Waals surface area contributed by atoms with E-state index in [2.05, 4.69) is 21.2 Å². The number of esters is 1. The third-order valence-electron chi connectivity index (χ3n) is 4.11. The fraction of sp³-hybridized carbons (Fsp3) is 0.211. The zero-order chi connectivity index (χ0) is 18.3. The number of rotatable bonds is 4. The first kappa shape index (κ1) is 16.5. The molecule has 0 bridgehead atoms. The van der Waals surface area contributed by atoms with E-state index in [-0.39, 0.29) is 5.89 Å². The van der Waals surface area contributed by atoms with Crippen LogP contribution >= 0.6 is 11.3 Å². The molecule has 0 saturated heterocycles. The van der Waals surface area contributed by atoms with Crippen LogP contribution in [0.3, 0.4) is 0 Å². The van der Waals surface area contributed by atoms with E-state index >= 15 is 0 Å². The highest BCUT2D eigenvalue weighted by Crippen LogP contribution is 2.27. The molecule has 0 saturated carbocycles. The fourth-order valence-corrected chi connectivity index (χ4v) is 3.53. The van der Waals surface area contributed by atoms with Gasteiger partial charge < -0.3 is 14.1 Å². The Labute approximate surface area is 153 Å². The molecule has 0 aliphatic carbocycles. The highest BCUT2D eigenvalue weighted by molar-refractivity contribution is 7.13. The Morgan fingerprint density at radius 1 is 1.27 bits per heavy atom. The number of nitrogens with one attached hydrogen (secondary N) is 1. The van der Waals surface area contributed by atoms with Gasteiger partial charge in [0.2, 0.25) is 0 Å². The molecular formula is C19H17N3O3S. The van der Waals surface area contributed by atoms with Gasteiger partial charge in [-0.2, -0.15) is 0 Å². The Hall–Kier alpha value is -2.93. The molecule has 6 nitrogen and oxygen atoms in total. The first-order chi connectivity index (χ1) is 12.5. The highest BCUT2D eigenvalue weighted by atomic mass is 32.1. The minimum atomic E-state index is -0.641. The second-order valence-electron chi connectivity index (χ2n) is 6.20. The molecule has 1 N–H and O–H groups in total. The van der Waals surface area contributed by atoms with Crippen molar-refractivity contribution >= 4 is 28.2 Å². The molecular weight excluding hydrogens is 350 g/mol. The first-order valence-corrected chi connectivity index (χ1v) is 9.07. The Morgan fingerprint density at radius 2 is 2.12 bits per heavy atom. The van der Waals surface area contributed by atoms with Gasteiger partial charge in [-0.1, -0.05) is 12.1 Å². The van der Waals surface area contributed by atoms with Crippen LogP contribution in [0.15, 0.2) is 40.1 Å². The number of aromatic amines is 1. The van der Waals surface area contributed by atoms with E-state index in [0.29, 0.717) is 11.6 Å². The Kier molecular flexibility index (Phi) is 4.08. The van der Waals surface area contributed by atoms with E-state index < -0.39 is 12.1 Å². The van der Waals surface area contributed by atoms with Crippen LogP contribution in [0.25, 0.3) is 21.7 Å². The number of hydrogen-bond acceptors (Lipinski definition) is 6. The smallest absolute Gasteiger partial charge is 0.355 e. The van der Waals surface area contributed by atoms with Crippen LogP contribution in [0, 0.1) is 13.8 Å². The molecule has 0 aliphatic heterocycles. The summed E-state index contributed by atoms with van der Waals surface area (Å²) in [6.07, 6.45) is -0.641. The monoisotopic (exact) mass is 367 g/mol. The zero-order valence-electron chi connectivity index (χ0n) is 14.6. The summed E-state index contributed by atoms with van der Waals surface area (Å²) in [5.41, 5.74) is 3.57. The molecule has 26 heavy (non-hydrogen) atoms. The largest absolute Gasteiger partial charge is 0.448 e. The number of nitrogens with zero attached hydrogens (tertiary/aromatic N) is 2. The van der Waals surface area contributed by atoms with Crippen molar-refractivity contribution in [3.05, 3.63) is 58.4 Å². The van der Waals surface area contributed by atoms with Crippen molar-refractivity contribution < 1.29 is 13.9 Å². The van der Waals surface area contributed by atoms with Gasteiger partial charge in [0.05, 0.1) is 4.88 Å². The normalized spacial score (nSPS) is 12.4. The summed E-state index contributed by atoms with van der Waals surface area (Å²) >= 11 is 1.51. The van der Waals surface area contributed by atoms with Crippen LogP contribution in [0.1, 0.15) is 40.5 Å². The van der Waals surface area contributed by atoms with Crippen LogP contribution in [0.4, 0.5) is 0 Å². The quantitative estimate of drug-likeness (QED) is 0.523. The number of hydrogen-bond donors (Lipinski definition) is 1. The number of carbonyl (C=O) groups excluding carboxylic acids is 1. The first-order valence-electron chi connectivity index (χ1n) is 8.19. The number of H-pyrrole nitrogens is 1. The Balaban J connectivity index is 1.53. The van der Waals surface area contributed by atoms with Gasteiger partial charge in [-0.05, 0) is 55.5 Å². The van der Waals surface area contributed by atoms with Crippen molar-refractivity contribution in [3.8, 4) is 10.8 Å². The van der Waals surface area contributed by atoms with Gasteiger partial charge in [-0.25, -0.2) is 4.79 Å². The lowest BCUT2D eigenvalue weighted by molar-refractivity contribution is 0.0274. The maximum atomic E-state index is 12.5. The van der Waals surface area contributed by atoms with Crippen molar-refractivity contribution in [2.75, 3.05) is 0 Å². The van der Waals surface area contributed by atoms with Crippen LogP contribution < -0.4 is 0 Å². The summed E-state index contributed by atoms with van der Waals surface area (Å²) in [4.78, 5) is 16.5. The number of aromatic nitrogens is 3. The third kappa shape index (κ3) is 3.01. The lowest BCUT2D eigenvalue weighted by atomic mass is 10.1. The summed E-state index contributed by atoms with van der Waals surface area (Å²) in [5.74, 6) is 0.237. The molecule has 3 heterocycles. The van der Waals surface area contributed by atoms with E-state index in [9.17, 15) is 4.79 Å². The Morgan fingerprint density at radius 3 is 2.88 bits per heavy atom. The standard InChI is InChI=1S/C19H17N3O3S/c1-10-7-11(2)13-9-15(20-14(13)8-10)19(23)24-12(3)17-21-22-18(25-17)16-5-4-6-26-16/h4-9,12,20H,1-3H3. The van der Waals surface area contributed by atoms with Crippen LogP contribution in [0.5, 0.6) is 0 Å². The van der Waals surface area contributed by atoms with Gasteiger partial charge in [0.1, 0.15) is 5.69 Å².